The van der Waals surface area contributed by atoms with Crippen LogP contribution in [0.15, 0.2) is 103 Å². The molecule has 0 spiro atoms. The van der Waals surface area contributed by atoms with Crippen molar-refractivity contribution in [3.05, 3.63) is 120 Å². The SMILES string of the molecule is Cc1cc2ccccc2[cH-]1.Cc1cc2ccccc2[cH-]1.[F][Zr+2][F].[Si]Cc1ccccc1. The van der Waals surface area contributed by atoms with Crippen LogP contribution < -0.4 is 0 Å². The van der Waals surface area contributed by atoms with E-state index in [0.717, 1.165) is 6.04 Å². The molecule has 0 heterocycles. The Kier molecular flexibility index (Phi) is 11.3. The molecule has 0 aromatic heterocycles. The second-order valence-corrected chi connectivity index (χ2v) is 7.76. The molecule has 0 nitrogen and oxygen atoms in total. The van der Waals surface area contributed by atoms with Crippen LogP contribution in [-0.2, 0) is 30.5 Å². The fraction of sp³-hybridized carbons (Fsp3) is 0.111. The van der Waals surface area contributed by atoms with Crippen LogP contribution in [0.2, 0.25) is 0 Å². The van der Waals surface area contributed by atoms with Crippen LogP contribution in [0.4, 0.5) is 5.25 Å². The first-order chi connectivity index (χ1) is 15.1. The number of hydrogen-bond donors (Lipinski definition) is 0. The van der Waals surface area contributed by atoms with E-state index in [-0.39, 0.29) is 0 Å². The number of aryl methyl sites for hydroxylation is 2. The summed E-state index contributed by atoms with van der Waals surface area (Å²) in [5, 5.41) is 5.39. The molecule has 5 rings (SSSR count). The topological polar surface area (TPSA) is 0 Å². The van der Waals surface area contributed by atoms with Gasteiger partial charge in [-0.1, -0.05) is 61.9 Å². The van der Waals surface area contributed by atoms with E-state index in [9.17, 15) is 5.25 Å². The Hall–Kier alpha value is -2.16. The number of benzene rings is 3. The summed E-state index contributed by atoms with van der Waals surface area (Å²) >= 11 is -2.77. The number of fused-ring (bicyclic) bond motifs is 2. The zero-order chi connectivity index (χ0) is 22.5. The Labute approximate surface area is 200 Å². The summed E-state index contributed by atoms with van der Waals surface area (Å²) in [6.45, 7) is 4.25. The van der Waals surface area contributed by atoms with E-state index >= 15 is 0 Å². The molecule has 0 saturated carbocycles. The minimum Gasteiger partial charge on any atom is -0.0622 e. The predicted octanol–water partition coefficient (Wildman–Crippen LogP) is 7.93. The van der Waals surface area contributed by atoms with Crippen molar-refractivity contribution in [1.82, 2.24) is 0 Å². The van der Waals surface area contributed by atoms with Crippen LogP contribution in [0.5, 0.6) is 0 Å². The first-order valence-corrected chi connectivity index (χ1v) is 12.5. The zero-order valence-electron chi connectivity index (χ0n) is 17.8. The van der Waals surface area contributed by atoms with Crippen molar-refractivity contribution in [2.75, 3.05) is 0 Å². The molecule has 4 heteroatoms. The Morgan fingerprint density at radius 2 is 1.06 bits per heavy atom. The van der Waals surface area contributed by atoms with Crippen molar-refractivity contribution in [3.63, 3.8) is 0 Å². The van der Waals surface area contributed by atoms with E-state index in [1.165, 1.54) is 38.2 Å². The van der Waals surface area contributed by atoms with E-state index in [1.54, 1.807) is 0 Å². The second-order valence-electron chi connectivity index (χ2n) is 7.06. The van der Waals surface area contributed by atoms with Crippen molar-refractivity contribution in [2.45, 2.75) is 19.9 Å². The summed E-state index contributed by atoms with van der Waals surface area (Å²) in [4.78, 5) is 0. The van der Waals surface area contributed by atoms with Gasteiger partial charge in [-0.25, -0.2) is 0 Å². The number of rotatable bonds is 1. The van der Waals surface area contributed by atoms with Crippen LogP contribution in [-0.4, -0.2) is 10.2 Å². The van der Waals surface area contributed by atoms with Crippen LogP contribution in [0.3, 0.4) is 0 Å². The van der Waals surface area contributed by atoms with Crippen molar-refractivity contribution in [1.29, 1.82) is 0 Å². The maximum Gasteiger partial charge on any atom is 0.0283 e. The first kappa shape index (κ1) is 25.1. The minimum atomic E-state index is -2.77. The van der Waals surface area contributed by atoms with Gasteiger partial charge in [0.1, 0.15) is 0 Å². The summed E-state index contributed by atoms with van der Waals surface area (Å²) in [6, 6.07) is 36.9. The third-order valence-electron chi connectivity index (χ3n) is 4.57. The Balaban J connectivity index is 0.000000156. The average Bonchev–Trinajstić information content (AvgIpc) is 3.36. The molecule has 0 atom stereocenters. The van der Waals surface area contributed by atoms with Gasteiger partial charge in [0.15, 0.2) is 0 Å². The molecule has 0 aliphatic carbocycles. The van der Waals surface area contributed by atoms with E-state index in [0.29, 0.717) is 0 Å². The number of hydrogen-bond acceptors (Lipinski definition) is 0. The molecule has 3 radical (unpaired) electrons. The van der Waals surface area contributed by atoms with E-state index < -0.39 is 24.5 Å². The van der Waals surface area contributed by atoms with Crippen LogP contribution >= 0.6 is 0 Å². The fourth-order valence-corrected chi connectivity index (χ4v) is 3.44. The molecular weight excluding hydrogens is 482 g/mol. The van der Waals surface area contributed by atoms with Gasteiger partial charge in [0.05, 0.1) is 0 Å². The summed E-state index contributed by atoms with van der Waals surface area (Å²) in [5.74, 6) is 0. The molecule has 0 bridgehead atoms. The standard InChI is InChI=1S/2C10H9.C7H7Si.2FH.Zr/c2*1-8-6-9-4-2-3-5-10(9)7-8;8-6-7-4-2-1-3-5-7;;;/h2*2-7H,1H3;1-5H,6H2;2*1H;/q2*-1;;;;+4/p-2. The monoisotopic (exact) mass is 505 g/mol. The Bertz CT molecular complexity index is 1010. The average molecular weight is 507 g/mol. The largest absolute Gasteiger partial charge is 0.0622 e. The van der Waals surface area contributed by atoms with E-state index in [2.05, 4.69) is 109 Å². The van der Waals surface area contributed by atoms with Crippen molar-refractivity contribution in [3.8, 4) is 0 Å². The van der Waals surface area contributed by atoms with Crippen molar-refractivity contribution < 1.29 is 29.7 Å². The second kappa shape index (κ2) is 14.0. The molecule has 5 aromatic rings. The van der Waals surface area contributed by atoms with Gasteiger partial charge in [-0.05, 0) is 6.04 Å². The quantitative estimate of drug-likeness (QED) is 0.160. The van der Waals surface area contributed by atoms with Crippen molar-refractivity contribution in [2.24, 2.45) is 0 Å². The summed E-state index contributed by atoms with van der Waals surface area (Å²) in [6.07, 6.45) is 0. The smallest absolute Gasteiger partial charge is 0.0283 e. The van der Waals surface area contributed by atoms with Gasteiger partial charge in [-0.2, -0.15) is 12.1 Å². The van der Waals surface area contributed by atoms with Gasteiger partial charge in [-0.15, -0.1) is 81.2 Å². The molecule has 0 aliphatic heterocycles. The normalized spacial score (nSPS) is 9.45. The Morgan fingerprint density at radius 3 is 1.42 bits per heavy atom. The fourth-order valence-electron chi connectivity index (χ4n) is 3.21. The maximum atomic E-state index is 9.80. The number of halogens is 2. The van der Waals surface area contributed by atoms with E-state index in [4.69, 9.17) is 0 Å². The molecule has 31 heavy (non-hydrogen) atoms. The van der Waals surface area contributed by atoms with Gasteiger partial charge < -0.3 is 0 Å². The molecule has 5 aromatic carbocycles. The van der Waals surface area contributed by atoms with Crippen LogP contribution in [0.1, 0.15) is 16.7 Å². The van der Waals surface area contributed by atoms with Gasteiger partial charge in [0.25, 0.3) is 0 Å². The van der Waals surface area contributed by atoms with Crippen LogP contribution in [0, 0.1) is 13.8 Å². The molecule has 0 aliphatic rings. The molecule has 0 N–H and O–H groups in total. The third kappa shape index (κ3) is 8.85. The van der Waals surface area contributed by atoms with Crippen LogP contribution in [0.25, 0.3) is 21.5 Å². The predicted molar refractivity (Wildman–Crippen MR) is 127 cm³/mol. The molecule has 155 valence electrons. The minimum absolute atomic E-state index is 0.945. The molecule has 0 fully saturated rings. The summed E-state index contributed by atoms with van der Waals surface area (Å²) in [5.41, 5.74) is 4.02. The van der Waals surface area contributed by atoms with E-state index in [1.807, 2.05) is 18.2 Å². The van der Waals surface area contributed by atoms with Crippen molar-refractivity contribution >= 4 is 31.8 Å². The van der Waals surface area contributed by atoms with Gasteiger partial charge >= 0.3 is 29.7 Å². The summed E-state index contributed by atoms with van der Waals surface area (Å²) in [7, 11) is 3.40. The Morgan fingerprint density at radius 1 is 0.677 bits per heavy atom. The molecule has 0 unspecified atom stereocenters. The molecular formula is C27H25F2SiZr. The van der Waals surface area contributed by atoms with Gasteiger partial charge in [0.2, 0.25) is 0 Å². The maximum absolute atomic E-state index is 9.80. The first-order valence-electron chi connectivity index (χ1n) is 9.96. The zero-order valence-corrected chi connectivity index (χ0v) is 21.2. The molecule has 0 amide bonds. The van der Waals surface area contributed by atoms with Gasteiger partial charge in [0, 0.05) is 10.2 Å². The summed E-state index contributed by atoms with van der Waals surface area (Å²) < 4.78 is 19.6. The van der Waals surface area contributed by atoms with Gasteiger partial charge in [-0.3, -0.25) is 0 Å². The molecule has 0 saturated heterocycles. The third-order valence-corrected chi connectivity index (χ3v) is 4.98.